The molecular weight excluding hydrogens is 254 g/mol. The summed E-state index contributed by atoms with van der Waals surface area (Å²) < 4.78 is 0. The largest absolute Gasteiger partial charge is 0.347 e. The molecule has 2 amide bonds. The van der Waals surface area contributed by atoms with E-state index < -0.39 is 0 Å². The van der Waals surface area contributed by atoms with Gasteiger partial charge < -0.3 is 10.2 Å². The maximum atomic E-state index is 12.1. The van der Waals surface area contributed by atoms with Gasteiger partial charge in [-0.3, -0.25) is 9.59 Å². The highest BCUT2D eigenvalue weighted by Gasteiger charge is 2.32. The molecule has 1 N–H and O–H groups in total. The van der Waals surface area contributed by atoms with Crippen LogP contribution in [0.1, 0.15) is 36.2 Å². The van der Waals surface area contributed by atoms with Crippen LogP contribution in [0.3, 0.4) is 0 Å². The van der Waals surface area contributed by atoms with E-state index in [1.165, 1.54) is 0 Å². The summed E-state index contributed by atoms with van der Waals surface area (Å²) in [5.41, 5.74) is 0.892. The third kappa shape index (κ3) is 2.97. The zero-order valence-corrected chi connectivity index (χ0v) is 11.6. The number of likely N-dealkylation sites (tertiary alicyclic amines) is 1. The molecule has 0 radical (unpaired) electrons. The summed E-state index contributed by atoms with van der Waals surface area (Å²) in [5, 5.41) is 11.7. The fourth-order valence-electron chi connectivity index (χ4n) is 2.33. The second-order valence-corrected chi connectivity index (χ2v) is 5.21. The number of rotatable bonds is 3. The van der Waals surface area contributed by atoms with Crippen molar-refractivity contribution in [3.05, 3.63) is 35.4 Å². The average molecular weight is 271 g/mol. The molecule has 20 heavy (non-hydrogen) atoms. The van der Waals surface area contributed by atoms with Gasteiger partial charge in [0.2, 0.25) is 5.91 Å². The minimum absolute atomic E-state index is 0.0658. The van der Waals surface area contributed by atoms with E-state index in [9.17, 15) is 9.59 Å². The van der Waals surface area contributed by atoms with Gasteiger partial charge in [0.1, 0.15) is 0 Å². The van der Waals surface area contributed by atoms with E-state index in [0.29, 0.717) is 24.1 Å². The number of amides is 2. The molecule has 5 nitrogen and oxygen atoms in total. The molecule has 1 aliphatic rings. The topological polar surface area (TPSA) is 73.2 Å². The van der Waals surface area contributed by atoms with Crippen molar-refractivity contribution in [2.75, 3.05) is 6.54 Å². The molecule has 0 spiro atoms. The molecule has 1 heterocycles. The molecule has 1 aromatic rings. The zero-order valence-electron chi connectivity index (χ0n) is 11.6. The van der Waals surface area contributed by atoms with Crippen molar-refractivity contribution in [1.82, 2.24) is 10.2 Å². The van der Waals surface area contributed by atoms with Gasteiger partial charge in [0, 0.05) is 24.6 Å². The van der Waals surface area contributed by atoms with Crippen molar-refractivity contribution >= 4 is 11.8 Å². The van der Waals surface area contributed by atoms with Crippen LogP contribution in [0.5, 0.6) is 0 Å². The second kappa shape index (κ2) is 5.74. The second-order valence-electron chi connectivity index (χ2n) is 5.21. The van der Waals surface area contributed by atoms with E-state index in [0.717, 1.165) is 0 Å². The standard InChI is InChI=1S/C15H17N3O2/c1-10(2)18-9-13(7-14(18)19)17-15(20)12-5-3-4-11(6-12)8-16/h3-6,10,13H,7,9H2,1-2H3,(H,17,20). The molecule has 0 bridgehead atoms. The minimum Gasteiger partial charge on any atom is -0.347 e. The van der Waals surface area contributed by atoms with Crippen LogP contribution in [0, 0.1) is 11.3 Å². The zero-order chi connectivity index (χ0) is 14.7. The van der Waals surface area contributed by atoms with E-state index in [2.05, 4.69) is 5.32 Å². The predicted octanol–water partition coefficient (Wildman–Crippen LogP) is 1.30. The van der Waals surface area contributed by atoms with E-state index >= 15 is 0 Å². The molecule has 0 aliphatic carbocycles. The lowest BCUT2D eigenvalue weighted by atomic mass is 10.1. The number of nitriles is 1. The maximum absolute atomic E-state index is 12.1. The average Bonchev–Trinajstić information content (AvgIpc) is 2.79. The van der Waals surface area contributed by atoms with E-state index in [1.54, 1.807) is 29.2 Å². The Labute approximate surface area is 118 Å². The molecule has 5 heteroatoms. The summed E-state index contributed by atoms with van der Waals surface area (Å²) in [6.45, 7) is 4.46. The van der Waals surface area contributed by atoms with E-state index in [4.69, 9.17) is 5.26 Å². The van der Waals surface area contributed by atoms with Crippen LogP contribution in [-0.4, -0.2) is 35.3 Å². The quantitative estimate of drug-likeness (QED) is 0.900. The first-order valence-electron chi connectivity index (χ1n) is 6.61. The van der Waals surface area contributed by atoms with Gasteiger partial charge in [-0.05, 0) is 32.0 Å². The van der Waals surface area contributed by atoms with Crippen LogP contribution in [0.4, 0.5) is 0 Å². The minimum atomic E-state index is -0.245. The number of carbonyl (C=O) groups is 2. The van der Waals surface area contributed by atoms with Gasteiger partial charge in [0.15, 0.2) is 0 Å². The van der Waals surface area contributed by atoms with Crippen molar-refractivity contribution in [2.24, 2.45) is 0 Å². The van der Waals surface area contributed by atoms with E-state index in [1.807, 2.05) is 19.9 Å². The Morgan fingerprint density at radius 2 is 2.25 bits per heavy atom. The van der Waals surface area contributed by atoms with Crippen molar-refractivity contribution in [3.8, 4) is 6.07 Å². The molecule has 1 fully saturated rings. The fraction of sp³-hybridized carbons (Fsp3) is 0.400. The first-order chi connectivity index (χ1) is 9.51. The summed E-state index contributed by atoms with van der Waals surface area (Å²) >= 11 is 0. The monoisotopic (exact) mass is 271 g/mol. The molecule has 104 valence electrons. The Bertz CT molecular complexity index is 575. The Morgan fingerprint density at radius 1 is 1.50 bits per heavy atom. The normalized spacial score (nSPS) is 18.2. The first kappa shape index (κ1) is 14.1. The Hall–Kier alpha value is -2.35. The van der Waals surface area contributed by atoms with Crippen LogP contribution >= 0.6 is 0 Å². The Kier molecular flexibility index (Phi) is 4.04. The summed E-state index contributed by atoms with van der Waals surface area (Å²) in [5.74, 6) is -0.179. The first-order valence-corrected chi connectivity index (χ1v) is 6.61. The molecular formula is C15H17N3O2. The number of nitrogens with one attached hydrogen (secondary N) is 1. The predicted molar refractivity (Wildman–Crippen MR) is 73.9 cm³/mol. The van der Waals surface area contributed by atoms with Crippen LogP contribution in [0.2, 0.25) is 0 Å². The lowest BCUT2D eigenvalue weighted by Crippen LogP contribution is -2.38. The number of benzene rings is 1. The third-order valence-corrected chi connectivity index (χ3v) is 3.37. The van der Waals surface area contributed by atoms with Crippen LogP contribution < -0.4 is 5.32 Å². The number of hydrogen-bond donors (Lipinski definition) is 1. The van der Waals surface area contributed by atoms with Gasteiger partial charge in [0.25, 0.3) is 5.91 Å². The molecule has 0 aromatic heterocycles. The van der Waals surface area contributed by atoms with Gasteiger partial charge >= 0.3 is 0 Å². The summed E-state index contributed by atoms with van der Waals surface area (Å²) in [6.07, 6.45) is 0.335. The highest BCUT2D eigenvalue weighted by Crippen LogP contribution is 2.15. The van der Waals surface area contributed by atoms with Crippen molar-refractivity contribution in [3.63, 3.8) is 0 Å². The van der Waals surface area contributed by atoms with Crippen molar-refractivity contribution < 1.29 is 9.59 Å². The van der Waals surface area contributed by atoms with E-state index in [-0.39, 0.29) is 23.9 Å². The SMILES string of the molecule is CC(C)N1CC(NC(=O)c2cccc(C#N)c2)CC1=O. The van der Waals surface area contributed by atoms with Crippen LogP contribution in [-0.2, 0) is 4.79 Å². The lowest BCUT2D eigenvalue weighted by molar-refractivity contribution is -0.129. The molecule has 1 atom stereocenters. The highest BCUT2D eigenvalue weighted by atomic mass is 16.2. The molecule has 2 rings (SSSR count). The van der Waals surface area contributed by atoms with Gasteiger partial charge in [0.05, 0.1) is 17.7 Å². The molecule has 0 saturated carbocycles. The summed E-state index contributed by atoms with van der Waals surface area (Å²) in [4.78, 5) is 25.6. The lowest BCUT2D eigenvalue weighted by Gasteiger charge is -2.21. The van der Waals surface area contributed by atoms with Crippen LogP contribution in [0.15, 0.2) is 24.3 Å². The van der Waals surface area contributed by atoms with Gasteiger partial charge in [-0.15, -0.1) is 0 Å². The summed E-state index contributed by atoms with van der Waals surface area (Å²) in [7, 11) is 0. The summed E-state index contributed by atoms with van der Waals surface area (Å²) in [6, 6.07) is 8.51. The molecule has 1 saturated heterocycles. The molecule has 1 aromatic carbocycles. The van der Waals surface area contributed by atoms with Crippen LogP contribution in [0.25, 0.3) is 0 Å². The smallest absolute Gasteiger partial charge is 0.251 e. The highest BCUT2D eigenvalue weighted by molar-refractivity contribution is 5.95. The van der Waals surface area contributed by atoms with Gasteiger partial charge in [-0.25, -0.2) is 0 Å². The van der Waals surface area contributed by atoms with Crippen molar-refractivity contribution in [2.45, 2.75) is 32.4 Å². The van der Waals surface area contributed by atoms with Gasteiger partial charge in [-0.1, -0.05) is 6.07 Å². The number of hydrogen-bond acceptors (Lipinski definition) is 3. The van der Waals surface area contributed by atoms with Crippen molar-refractivity contribution in [1.29, 1.82) is 5.26 Å². The Balaban J connectivity index is 2.02. The number of carbonyl (C=O) groups excluding carboxylic acids is 2. The third-order valence-electron chi connectivity index (χ3n) is 3.37. The van der Waals surface area contributed by atoms with Gasteiger partial charge in [-0.2, -0.15) is 5.26 Å². The Morgan fingerprint density at radius 3 is 2.85 bits per heavy atom. The maximum Gasteiger partial charge on any atom is 0.251 e. The number of nitrogens with zero attached hydrogens (tertiary/aromatic N) is 2. The molecule has 1 unspecified atom stereocenters. The fourth-order valence-corrected chi connectivity index (χ4v) is 2.33. The molecule has 1 aliphatic heterocycles.